The van der Waals surface area contributed by atoms with Crippen LogP contribution < -0.4 is 9.62 Å². The zero-order chi connectivity index (χ0) is 23.9. The van der Waals surface area contributed by atoms with E-state index >= 15 is 0 Å². The van der Waals surface area contributed by atoms with Gasteiger partial charge < -0.3 is 10.2 Å². The van der Waals surface area contributed by atoms with E-state index in [4.69, 9.17) is 0 Å². The van der Waals surface area contributed by atoms with Gasteiger partial charge in [-0.15, -0.1) is 0 Å². The maximum atomic E-state index is 14.3. The van der Waals surface area contributed by atoms with E-state index in [1.54, 1.807) is 19.1 Å². The van der Waals surface area contributed by atoms with E-state index in [0.29, 0.717) is 6.54 Å². The number of sulfonamides is 1. The molecule has 0 aromatic heterocycles. The molecule has 2 aromatic carbocycles. The van der Waals surface area contributed by atoms with Gasteiger partial charge in [0.2, 0.25) is 21.8 Å². The summed E-state index contributed by atoms with van der Waals surface area (Å²) in [5.41, 5.74) is 0.531. The van der Waals surface area contributed by atoms with Gasteiger partial charge in [-0.25, -0.2) is 12.8 Å². The van der Waals surface area contributed by atoms with Crippen LogP contribution in [0.5, 0.6) is 0 Å². The number of amides is 2. The Labute approximate surface area is 196 Å². The molecule has 2 aromatic rings. The van der Waals surface area contributed by atoms with Crippen molar-refractivity contribution in [3.8, 4) is 0 Å². The van der Waals surface area contributed by atoms with Gasteiger partial charge in [-0.3, -0.25) is 13.9 Å². The Kier molecular flexibility index (Phi) is 9.21. The van der Waals surface area contributed by atoms with Gasteiger partial charge in [-0.2, -0.15) is 0 Å². The van der Waals surface area contributed by atoms with Crippen molar-refractivity contribution < 1.29 is 22.4 Å². The minimum Gasteiger partial charge on any atom is -0.354 e. The molecule has 1 unspecified atom stereocenters. The first kappa shape index (κ1) is 25.8. The van der Waals surface area contributed by atoms with E-state index in [2.05, 4.69) is 21.2 Å². The summed E-state index contributed by atoms with van der Waals surface area (Å²) in [5, 5.41) is 2.75. The van der Waals surface area contributed by atoms with E-state index in [0.717, 1.165) is 33.1 Å². The average Bonchev–Trinajstić information content (AvgIpc) is 2.74. The predicted molar refractivity (Wildman–Crippen MR) is 126 cm³/mol. The number of hydrogen-bond acceptors (Lipinski definition) is 4. The van der Waals surface area contributed by atoms with Gasteiger partial charge in [0.15, 0.2) is 0 Å². The van der Waals surface area contributed by atoms with Crippen LogP contribution >= 0.6 is 15.9 Å². The van der Waals surface area contributed by atoms with Gasteiger partial charge in [-0.1, -0.05) is 47.1 Å². The highest BCUT2D eigenvalue weighted by Gasteiger charge is 2.30. The van der Waals surface area contributed by atoms with Crippen molar-refractivity contribution in [3.05, 3.63) is 64.4 Å². The molecule has 0 spiro atoms. The van der Waals surface area contributed by atoms with Crippen LogP contribution in [0.1, 0.15) is 25.8 Å². The van der Waals surface area contributed by atoms with Crippen molar-refractivity contribution in [3.63, 3.8) is 0 Å². The predicted octanol–water partition coefficient (Wildman–Crippen LogP) is 3.30. The number of benzene rings is 2. The van der Waals surface area contributed by atoms with Crippen molar-refractivity contribution in [2.24, 2.45) is 0 Å². The molecule has 0 heterocycles. The molecule has 0 aliphatic heterocycles. The standard InChI is InChI=1S/C22H27BrFN3O4S/c1-4-13-25-22(29)16(2)26(14-17-9-11-18(23)12-10-17)21(28)15-27(32(3,30)31)20-8-6-5-7-19(20)24/h5-12,16H,4,13-15H2,1-3H3,(H,25,29). The van der Waals surface area contributed by atoms with Crippen LogP contribution in [0.4, 0.5) is 10.1 Å². The second-order valence-electron chi connectivity index (χ2n) is 7.34. The van der Waals surface area contributed by atoms with Crippen LogP contribution in [0.2, 0.25) is 0 Å². The van der Waals surface area contributed by atoms with Crippen molar-refractivity contribution >= 4 is 43.5 Å². The number of nitrogens with zero attached hydrogens (tertiary/aromatic N) is 2. The Bertz CT molecular complexity index is 1050. The molecule has 0 saturated heterocycles. The summed E-state index contributed by atoms with van der Waals surface area (Å²) in [5.74, 6) is -1.74. The number of para-hydroxylation sites is 1. The molecule has 0 fully saturated rings. The third-order valence-electron chi connectivity index (χ3n) is 4.78. The molecule has 2 rings (SSSR count). The van der Waals surface area contributed by atoms with Crippen LogP contribution in [-0.4, -0.2) is 50.5 Å². The normalized spacial score (nSPS) is 12.2. The van der Waals surface area contributed by atoms with Gasteiger partial charge in [0.1, 0.15) is 18.4 Å². The fourth-order valence-corrected chi connectivity index (χ4v) is 4.13. The molecule has 0 aliphatic rings. The molecule has 1 N–H and O–H groups in total. The summed E-state index contributed by atoms with van der Waals surface area (Å²) in [6.45, 7) is 3.39. The quantitative estimate of drug-likeness (QED) is 0.513. The minimum atomic E-state index is -3.97. The van der Waals surface area contributed by atoms with E-state index < -0.39 is 34.3 Å². The average molecular weight is 528 g/mol. The van der Waals surface area contributed by atoms with E-state index in [1.807, 2.05) is 19.1 Å². The molecule has 2 amide bonds. The van der Waals surface area contributed by atoms with Gasteiger partial charge >= 0.3 is 0 Å². The van der Waals surface area contributed by atoms with Gasteiger partial charge in [0.05, 0.1) is 11.9 Å². The lowest BCUT2D eigenvalue weighted by molar-refractivity contribution is -0.139. The SMILES string of the molecule is CCCNC(=O)C(C)N(Cc1ccc(Br)cc1)C(=O)CN(c1ccccc1F)S(C)(=O)=O. The summed E-state index contributed by atoms with van der Waals surface area (Å²) in [6, 6.07) is 11.7. The molecular formula is C22H27BrFN3O4S. The Morgan fingerprint density at radius 2 is 1.75 bits per heavy atom. The maximum Gasteiger partial charge on any atom is 0.244 e. The minimum absolute atomic E-state index is 0.0850. The van der Waals surface area contributed by atoms with Crippen LogP contribution in [0.3, 0.4) is 0 Å². The van der Waals surface area contributed by atoms with Crippen molar-refractivity contribution in [2.45, 2.75) is 32.9 Å². The maximum absolute atomic E-state index is 14.3. The molecule has 0 aliphatic carbocycles. The number of rotatable bonds is 10. The lowest BCUT2D eigenvalue weighted by Crippen LogP contribution is -2.51. The molecule has 10 heteroatoms. The Hall–Kier alpha value is -2.46. The number of carbonyl (C=O) groups excluding carboxylic acids is 2. The molecule has 32 heavy (non-hydrogen) atoms. The fraction of sp³-hybridized carbons (Fsp3) is 0.364. The lowest BCUT2D eigenvalue weighted by Gasteiger charge is -2.31. The van der Waals surface area contributed by atoms with Crippen molar-refractivity contribution in [2.75, 3.05) is 23.7 Å². The molecule has 7 nitrogen and oxygen atoms in total. The number of halogens is 2. The highest BCUT2D eigenvalue weighted by molar-refractivity contribution is 9.10. The largest absolute Gasteiger partial charge is 0.354 e. The molecule has 0 bridgehead atoms. The zero-order valence-corrected chi connectivity index (χ0v) is 20.6. The highest BCUT2D eigenvalue weighted by Crippen LogP contribution is 2.22. The Balaban J connectivity index is 2.37. The number of anilines is 1. The number of hydrogen-bond donors (Lipinski definition) is 1. The Morgan fingerprint density at radius 1 is 1.12 bits per heavy atom. The van der Waals surface area contributed by atoms with Crippen LogP contribution in [0.15, 0.2) is 53.0 Å². The van der Waals surface area contributed by atoms with Gasteiger partial charge in [-0.05, 0) is 43.2 Å². The van der Waals surface area contributed by atoms with E-state index in [9.17, 15) is 22.4 Å². The topological polar surface area (TPSA) is 86.8 Å². The summed E-state index contributed by atoms with van der Waals surface area (Å²) < 4.78 is 40.7. The van der Waals surface area contributed by atoms with Gasteiger partial charge in [0.25, 0.3) is 0 Å². The summed E-state index contributed by atoms with van der Waals surface area (Å²) >= 11 is 3.35. The van der Waals surface area contributed by atoms with Crippen LogP contribution in [0, 0.1) is 5.82 Å². The first-order chi connectivity index (χ1) is 15.0. The highest BCUT2D eigenvalue weighted by atomic mass is 79.9. The van der Waals surface area contributed by atoms with Crippen molar-refractivity contribution in [1.29, 1.82) is 0 Å². The van der Waals surface area contributed by atoms with Crippen LogP contribution in [0.25, 0.3) is 0 Å². The third kappa shape index (κ3) is 7.03. The number of carbonyl (C=O) groups is 2. The number of nitrogens with one attached hydrogen (secondary N) is 1. The molecule has 174 valence electrons. The Morgan fingerprint density at radius 3 is 2.31 bits per heavy atom. The molecule has 0 saturated carbocycles. The fourth-order valence-electron chi connectivity index (χ4n) is 3.01. The zero-order valence-electron chi connectivity index (χ0n) is 18.2. The summed E-state index contributed by atoms with van der Waals surface area (Å²) in [4.78, 5) is 27.2. The smallest absolute Gasteiger partial charge is 0.244 e. The summed E-state index contributed by atoms with van der Waals surface area (Å²) in [6.07, 6.45) is 1.64. The lowest BCUT2D eigenvalue weighted by atomic mass is 10.1. The van der Waals surface area contributed by atoms with E-state index in [-0.39, 0.29) is 18.1 Å². The second-order valence-corrected chi connectivity index (χ2v) is 10.2. The van der Waals surface area contributed by atoms with Crippen molar-refractivity contribution in [1.82, 2.24) is 10.2 Å². The first-order valence-electron chi connectivity index (χ1n) is 10.1. The first-order valence-corrected chi connectivity index (χ1v) is 12.7. The third-order valence-corrected chi connectivity index (χ3v) is 6.44. The summed E-state index contributed by atoms with van der Waals surface area (Å²) in [7, 11) is -3.97. The van der Waals surface area contributed by atoms with E-state index in [1.165, 1.54) is 23.1 Å². The van der Waals surface area contributed by atoms with Gasteiger partial charge in [0, 0.05) is 17.6 Å². The second kappa shape index (κ2) is 11.4. The van der Waals surface area contributed by atoms with Crippen LogP contribution in [-0.2, 0) is 26.2 Å². The monoisotopic (exact) mass is 527 g/mol. The molecule has 0 radical (unpaired) electrons. The molecule has 1 atom stereocenters. The molecular weight excluding hydrogens is 501 g/mol.